The fraction of sp³-hybridized carbons (Fsp3) is 0.905. The fourth-order valence-corrected chi connectivity index (χ4v) is 8.09. The summed E-state index contributed by atoms with van der Waals surface area (Å²) in [5, 5.41) is 11.2. The molecule has 0 bridgehead atoms. The normalized spacial score (nSPS) is 59.4. The van der Waals surface area contributed by atoms with Gasteiger partial charge in [-0.2, -0.15) is 0 Å². The van der Waals surface area contributed by atoms with Crippen molar-refractivity contribution in [2.75, 3.05) is 0 Å². The number of Topliss-reactive ketones (excluding diaryl/α,β-unsaturated/α-hetero) is 2. The van der Waals surface area contributed by atoms with Gasteiger partial charge in [0.05, 0.1) is 0 Å². The van der Waals surface area contributed by atoms with Crippen molar-refractivity contribution in [2.24, 2.45) is 28.6 Å². The van der Waals surface area contributed by atoms with E-state index in [1.807, 2.05) is 0 Å². The van der Waals surface area contributed by atoms with Crippen LogP contribution in [-0.4, -0.2) is 34.0 Å². The first kappa shape index (κ1) is 16.4. The van der Waals surface area contributed by atoms with Crippen LogP contribution in [0.25, 0.3) is 0 Å². The molecule has 5 fully saturated rings. The zero-order valence-corrected chi connectivity index (χ0v) is 15.6. The Morgan fingerprint density at radius 2 is 1.72 bits per heavy atom. The van der Waals surface area contributed by atoms with Gasteiger partial charge in [-0.05, 0) is 69.6 Å². The molecule has 0 aromatic carbocycles. The Labute approximate surface area is 149 Å². The molecule has 1 heterocycles. The molecule has 4 aliphatic carbocycles. The van der Waals surface area contributed by atoms with Crippen LogP contribution in [0.5, 0.6) is 0 Å². The molecule has 4 nitrogen and oxygen atoms in total. The second-order valence-electron chi connectivity index (χ2n) is 10.1. The second kappa shape index (κ2) is 4.56. The van der Waals surface area contributed by atoms with Crippen LogP contribution in [0.4, 0.5) is 0 Å². The quantitative estimate of drug-likeness (QED) is 0.741. The smallest absolute Gasteiger partial charge is 0.164 e. The molecule has 0 amide bonds. The number of aliphatic hydroxyl groups is 1. The number of ether oxygens (including phenoxy) is 1. The molecule has 0 aromatic heterocycles. The SMILES string of the molecule is CC(=O)[C@@]1(O)CC[C@H]2[C@@H]3CC[C@@]45O[C@@H]4C(=O)CC[C@]5(C)[C@H]3CC[C@@]21C. The van der Waals surface area contributed by atoms with Gasteiger partial charge in [0.15, 0.2) is 11.6 Å². The lowest BCUT2D eigenvalue weighted by Gasteiger charge is -2.60. The van der Waals surface area contributed by atoms with E-state index in [0.29, 0.717) is 36.4 Å². The molecular formula is C21H30O4. The van der Waals surface area contributed by atoms with E-state index >= 15 is 0 Å². The Kier molecular flexibility index (Phi) is 3.00. The molecule has 1 saturated heterocycles. The van der Waals surface area contributed by atoms with Gasteiger partial charge in [0.25, 0.3) is 0 Å². The minimum absolute atomic E-state index is 0.0525. The molecule has 0 unspecified atom stereocenters. The third-order valence-electron chi connectivity index (χ3n) is 9.68. The zero-order chi connectivity index (χ0) is 17.8. The van der Waals surface area contributed by atoms with Crippen molar-refractivity contribution in [2.45, 2.75) is 89.4 Å². The summed E-state index contributed by atoms with van der Waals surface area (Å²) in [5.41, 5.74) is -1.52. The third kappa shape index (κ3) is 1.63. The molecule has 138 valence electrons. The molecular weight excluding hydrogens is 316 g/mol. The van der Waals surface area contributed by atoms with E-state index in [2.05, 4.69) is 13.8 Å². The van der Waals surface area contributed by atoms with Gasteiger partial charge in [0, 0.05) is 17.3 Å². The number of fused-ring (bicyclic) bond motifs is 4. The highest BCUT2D eigenvalue weighted by molar-refractivity contribution is 5.89. The Morgan fingerprint density at radius 1 is 1.04 bits per heavy atom. The van der Waals surface area contributed by atoms with Gasteiger partial charge in [-0.15, -0.1) is 0 Å². The predicted octanol–water partition coefficient (Wildman–Crippen LogP) is 3.05. The van der Waals surface area contributed by atoms with Crippen molar-refractivity contribution in [3.8, 4) is 0 Å². The molecule has 1 spiro atoms. The number of carbonyl (C=O) groups excluding carboxylic acids is 2. The summed E-state index contributed by atoms with van der Waals surface area (Å²) in [6, 6.07) is 0. The average molecular weight is 346 g/mol. The maximum atomic E-state index is 12.3. The maximum absolute atomic E-state index is 12.3. The summed E-state index contributed by atoms with van der Waals surface area (Å²) in [6.07, 6.45) is 7.07. The summed E-state index contributed by atoms with van der Waals surface area (Å²) in [4.78, 5) is 24.5. The standard InChI is InChI=1S/C21H30O4/c1-12(22)20(24)10-6-14-13-4-11-21-17(25-21)16(23)7-9-19(21,3)15(13)5-8-18(14,20)2/h13-15,17,24H,4-11H2,1-3H3/t13-,14-,15-,17+,18-,19+,20-,21+/m0/s1. The van der Waals surface area contributed by atoms with E-state index in [-0.39, 0.29) is 28.3 Å². The lowest BCUT2D eigenvalue weighted by Crippen LogP contribution is -2.60. The average Bonchev–Trinajstić information content (AvgIpc) is 3.25. The third-order valence-corrected chi connectivity index (χ3v) is 9.68. The van der Waals surface area contributed by atoms with Crippen molar-refractivity contribution in [1.29, 1.82) is 0 Å². The minimum atomic E-state index is -1.14. The Balaban J connectivity index is 1.51. The predicted molar refractivity (Wildman–Crippen MR) is 91.9 cm³/mol. The molecule has 1 N–H and O–H groups in total. The number of carbonyl (C=O) groups is 2. The molecule has 1 aliphatic heterocycles. The highest BCUT2D eigenvalue weighted by Gasteiger charge is 2.77. The van der Waals surface area contributed by atoms with Gasteiger partial charge in [-0.1, -0.05) is 13.8 Å². The Morgan fingerprint density at radius 3 is 2.44 bits per heavy atom. The van der Waals surface area contributed by atoms with Crippen LogP contribution in [0.3, 0.4) is 0 Å². The van der Waals surface area contributed by atoms with Crippen molar-refractivity contribution in [3.05, 3.63) is 0 Å². The topological polar surface area (TPSA) is 66.9 Å². The molecule has 4 saturated carbocycles. The van der Waals surface area contributed by atoms with Gasteiger partial charge >= 0.3 is 0 Å². The molecule has 4 heteroatoms. The Bertz CT molecular complexity index is 673. The maximum Gasteiger partial charge on any atom is 0.164 e. The molecule has 5 aliphatic rings. The number of hydrogen-bond acceptors (Lipinski definition) is 4. The van der Waals surface area contributed by atoms with E-state index in [0.717, 1.165) is 38.5 Å². The van der Waals surface area contributed by atoms with Crippen molar-refractivity contribution in [1.82, 2.24) is 0 Å². The first-order chi connectivity index (χ1) is 11.7. The van der Waals surface area contributed by atoms with Gasteiger partial charge in [-0.25, -0.2) is 0 Å². The van der Waals surface area contributed by atoms with E-state index < -0.39 is 5.60 Å². The largest absolute Gasteiger partial charge is 0.382 e. The molecule has 0 aromatic rings. The summed E-state index contributed by atoms with van der Waals surface area (Å²) >= 11 is 0. The lowest BCUT2D eigenvalue weighted by molar-refractivity contribution is -0.168. The summed E-state index contributed by atoms with van der Waals surface area (Å²) in [7, 11) is 0. The van der Waals surface area contributed by atoms with Gasteiger partial charge in [-0.3, -0.25) is 9.59 Å². The molecule has 0 radical (unpaired) electrons. The van der Waals surface area contributed by atoms with Crippen LogP contribution in [0, 0.1) is 28.6 Å². The highest BCUT2D eigenvalue weighted by atomic mass is 16.6. The van der Waals surface area contributed by atoms with E-state index in [1.165, 1.54) is 0 Å². The zero-order valence-electron chi connectivity index (χ0n) is 15.6. The summed E-state index contributed by atoms with van der Waals surface area (Å²) in [6.45, 7) is 6.09. The van der Waals surface area contributed by atoms with E-state index in [1.54, 1.807) is 6.92 Å². The van der Waals surface area contributed by atoms with Gasteiger partial charge < -0.3 is 9.84 Å². The van der Waals surface area contributed by atoms with Crippen LogP contribution in [0.2, 0.25) is 0 Å². The Hall–Kier alpha value is -0.740. The second-order valence-corrected chi connectivity index (χ2v) is 10.1. The van der Waals surface area contributed by atoms with Crippen molar-refractivity contribution < 1.29 is 19.4 Å². The van der Waals surface area contributed by atoms with Crippen LogP contribution >= 0.6 is 0 Å². The van der Waals surface area contributed by atoms with Crippen LogP contribution in [0.15, 0.2) is 0 Å². The van der Waals surface area contributed by atoms with Gasteiger partial charge in [0.2, 0.25) is 0 Å². The first-order valence-electron chi connectivity index (χ1n) is 10.1. The van der Waals surface area contributed by atoms with Crippen molar-refractivity contribution in [3.63, 3.8) is 0 Å². The fourth-order valence-electron chi connectivity index (χ4n) is 8.09. The van der Waals surface area contributed by atoms with Crippen molar-refractivity contribution >= 4 is 11.6 Å². The molecule has 25 heavy (non-hydrogen) atoms. The number of ketones is 2. The van der Waals surface area contributed by atoms with E-state index in [4.69, 9.17) is 4.74 Å². The monoisotopic (exact) mass is 346 g/mol. The summed E-state index contributed by atoms with van der Waals surface area (Å²) in [5.74, 6) is 1.79. The molecule has 5 rings (SSSR count). The first-order valence-corrected chi connectivity index (χ1v) is 10.1. The van der Waals surface area contributed by atoms with Crippen LogP contribution in [0.1, 0.15) is 72.1 Å². The summed E-state index contributed by atoms with van der Waals surface area (Å²) < 4.78 is 6.10. The van der Waals surface area contributed by atoms with E-state index in [9.17, 15) is 14.7 Å². The number of rotatable bonds is 1. The highest BCUT2D eigenvalue weighted by Crippen LogP contribution is 2.73. The minimum Gasteiger partial charge on any atom is -0.382 e. The van der Waals surface area contributed by atoms with Gasteiger partial charge in [0.1, 0.15) is 17.3 Å². The van der Waals surface area contributed by atoms with Crippen LogP contribution in [-0.2, 0) is 14.3 Å². The molecule has 8 atom stereocenters. The van der Waals surface area contributed by atoms with Crippen LogP contribution < -0.4 is 0 Å². The lowest BCUT2D eigenvalue weighted by atomic mass is 9.44. The number of epoxide rings is 1. The number of hydrogen-bond donors (Lipinski definition) is 1.